The number of nitrogens with one attached hydrogen (secondary N) is 3. The zero-order valence-corrected chi connectivity index (χ0v) is 14.6. The van der Waals surface area contributed by atoms with E-state index in [4.69, 9.17) is 0 Å². The molecule has 26 heavy (non-hydrogen) atoms. The second-order valence-electron chi connectivity index (χ2n) is 6.22. The summed E-state index contributed by atoms with van der Waals surface area (Å²) in [7, 11) is 0. The van der Waals surface area contributed by atoms with Gasteiger partial charge < -0.3 is 15.6 Å². The number of aromatic nitrogens is 1. The quantitative estimate of drug-likeness (QED) is 0.585. The molecule has 2 amide bonds. The van der Waals surface area contributed by atoms with Gasteiger partial charge in [0.2, 0.25) is 11.8 Å². The molecule has 0 atom stereocenters. The van der Waals surface area contributed by atoms with Crippen molar-refractivity contribution in [3.8, 4) is 0 Å². The number of hydrogen-bond acceptors (Lipinski definition) is 2. The number of fused-ring (bicyclic) bond motifs is 1. The molecule has 0 unspecified atom stereocenters. The summed E-state index contributed by atoms with van der Waals surface area (Å²) >= 11 is 0. The molecule has 0 aliphatic carbocycles. The topological polar surface area (TPSA) is 74.0 Å². The number of aryl methyl sites for hydroxylation is 1. The van der Waals surface area contributed by atoms with Gasteiger partial charge in [-0.05, 0) is 30.0 Å². The van der Waals surface area contributed by atoms with Gasteiger partial charge >= 0.3 is 0 Å². The third kappa shape index (κ3) is 4.96. The fourth-order valence-corrected chi connectivity index (χ4v) is 2.91. The number of para-hydroxylation sites is 1. The Bertz CT molecular complexity index is 871. The van der Waals surface area contributed by atoms with E-state index >= 15 is 0 Å². The molecule has 3 aromatic rings. The number of hydrogen-bond donors (Lipinski definition) is 3. The van der Waals surface area contributed by atoms with Crippen LogP contribution in [-0.4, -0.2) is 29.9 Å². The maximum Gasteiger partial charge on any atom is 0.239 e. The number of aromatic amines is 1. The van der Waals surface area contributed by atoms with Crippen LogP contribution < -0.4 is 10.6 Å². The summed E-state index contributed by atoms with van der Waals surface area (Å²) in [6.45, 7) is 0.558. The van der Waals surface area contributed by atoms with E-state index in [0.29, 0.717) is 19.4 Å². The predicted octanol–water partition coefficient (Wildman–Crippen LogP) is 2.58. The maximum absolute atomic E-state index is 11.9. The maximum atomic E-state index is 11.9. The molecule has 5 heteroatoms. The van der Waals surface area contributed by atoms with Gasteiger partial charge in [0, 0.05) is 30.1 Å². The Balaban J connectivity index is 1.34. The van der Waals surface area contributed by atoms with Gasteiger partial charge in [-0.1, -0.05) is 48.5 Å². The van der Waals surface area contributed by atoms with E-state index in [1.165, 1.54) is 10.9 Å². The van der Waals surface area contributed by atoms with Gasteiger partial charge in [-0.2, -0.15) is 0 Å². The van der Waals surface area contributed by atoms with Gasteiger partial charge in [0.25, 0.3) is 0 Å². The molecule has 3 N–H and O–H groups in total. The number of rotatable bonds is 8. The molecule has 5 nitrogen and oxygen atoms in total. The number of benzene rings is 2. The standard InChI is InChI=1S/C21H23N3O2/c25-20(11-10-16-6-2-1-3-7-16)24-15-21(26)22-13-12-17-14-23-19-9-5-4-8-18(17)19/h1-9,14,23H,10-13,15H2,(H,22,26)(H,24,25). The Morgan fingerprint density at radius 2 is 1.62 bits per heavy atom. The van der Waals surface area contributed by atoms with Crippen LogP contribution in [0.3, 0.4) is 0 Å². The Morgan fingerprint density at radius 3 is 2.46 bits per heavy atom. The Labute approximate surface area is 152 Å². The molecule has 0 aliphatic heterocycles. The van der Waals surface area contributed by atoms with Gasteiger partial charge in [-0.15, -0.1) is 0 Å². The highest BCUT2D eigenvalue weighted by molar-refractivity contribution is 5.85. The highest BCUT2D eigenvalue weighted by atomic mass is 16.2. The number of amides is 2. The zero-order valence-electron chi connectivity index (χ0n) is 14.6. The van der Waals surface area contributed by atoms with Crippen LogP contribution in [0.2, 0.25) is 0 Å². The monoisotopic (exact) mass is 349 g/mol. The van der Waals surface area contributed by atoms with Gasteiger partial charge in [-0.25, -0.2) is 0 Å². The third-order valence-corrected chi connectivity index (χ3v) is 4.32. The minimum atomic E-state index is -0.169. The van der Waals surface area contributed by atoms with Crippen LogP contribution in [0.1, 0.15) is 17.5 Å². The summed E-state index contributed by atoms with van der Waals surface area (Å²) in [6, 6.07) is 17.9. The molecule has 0 saturated carbocycles. The summed E-state index contributed by atoms with van der Waals surface area (Å²) in [6.07, 6.45) is 3.78. The predicted molar refractivity (Wildman–Crippen MR) is 103 cm³/mol. The van der Waals surface area contributed by atoms with Crippen molar-refractivity contribution < 1.29 is 9.59 Å². The number of H-pyrrole nitrogens is 1. The average Bonchev–Trinajstić information content (AvgIpc) is 3.09. The Hall–Kier alpha value is -3.08. The fourth-order valence-electron chi connectivity index (χ4n) is 2.91. The summed E-state index contributed by atoms with van der Waals surface area (Å²) in [4.78, 5) is 26.9. The third-order valence-electron chi connectivity index (χ3n) is 4.32. The van der Waals surface area contributed by atoms with E-state index in [1.807, 2.05) is 54.7 Å². The van der Waals surface area contributed by atoms with Gasteiger partial charge in [0.15, 0.2) is 0 Å². The van der Waals surface area contributed by atoms with Crippen molar-refractivity contribution >= 4 is 22.7 Å². The number of carbonyl (C=O) groups excluding carboxylic acids is 2. The van der Waals surface area contributed by atoms with E-state index in [9.17, 15) is 9.59 Å². The van der Waals surface area contributed by atoms with Crippen LogP contribution in [0.5, 0.6) is 0 Å². The van der Waals surface area contributed by atoms with Crippen LogP contribution in [0, 0.1) is 0 Å². The van der Waals surface area contributed by atoms with Crippen LogP contribution >= 0.6 is 0 Å². The second-order valence-corrected chi connectivity index (χ2v) is 6.22. The lowest BCUT2D eigenvalue weighted by molar-refractivity contribution is -0.126. The fraction of sp³-hybridized carbons (Fsp3) is 0.238. The summed E-state index contributed by atoms with van der Waals surface area (Å²) < 4.78 is 0. The van der Waals surface area contributed by atoms with Crippen molar-refractivity contribution in [3.05, 3.63) is 71.9 Å². The Morgan fingerprint density at radius 1 is 0.846 bits per heavy atom. The summed E-state index contributed by atoms with van der Waals surface area (Å²) in [5.74, 6) is -0.279. The van der Waals surface area contributed by atoms with Crippen LogP contribution in [0.25, 0.3) is 10.9 Å². The van der Waals surface area contributed by atoms with Crippen molar-refractivity contribution in [3.63, 3.8) is 0 Å². The minimum absolute atomic E-state index is 0.0154. The number of carbonyl (C=O) groups is 2. The smallest absolute Gasteiger partial charge is 0.239 e. The van der Waals surface area contributed by atoms with Crippen LogP contribution in [0.4, 0.5) is 0 Å². The van der Waals surface area contributed by atoms with E-state index in [-0.39, 0.29) is 18.4 Å². The molecular weight excluding hydrogens is 326 g/mol. The van der Waals surface area contributed by atoms with E-state index in [0.717, 1.165) is 17.5 Å². The summed E-state index contributed by atoms with van der Waals surface area (Å²) in [5.41, 5.74) is 3.39. The largest absolute Gasteiger partial charge is 0.361 e. The molecular formula is C21H23N3O2. The summed E-state index contributed by atoms with van der Waals surface area (Å²) in [5, 5.41) is 6.69. The molecule has 134 valence electrons. The van der Waals surface area contributed by atoms with Gasteiger partial charge in [0.1, 0.15) is 0 Å². The first-order chi connectivity index (χ1) is 12.7. The molecule has 1 aromatic heterocycles. The molecule has 0 bridgehead atoms. The molecule has 0 fully saturated rings. The lowest BCUT2D eigenvalue weighted by Gasteiger charge is -2.07. The minimum Gasteiger partial charge on any atom is -0.361 e. The van der Waals surface area contributed by atoms with Crippen molar-refractivity contribution in [2.24, 2.45) is 0 Å². The first kappa shape index (κ1) is 17.7. The van der Waals surface area contributed by atoms with E-state index in [2.05, 4.69) is 21.7 Å². The first-order valence-electron chi connectivity index (χ1n) is 8.84. The van der Waals surface area contributed by atoms with Crippen LogP contribution in [0.15, 0.2) is 60.8 Å². The highest BCUT2D eigenvalue weighted by Gasteiger charge is 2.07. The molecule has 2 aromatic carbocycles. The molecule has 1 heterocycles. The van der Waals surface area contributed by atoms with Gasteiger partial charge in [0.05, 0.1) is 6.54 Å². The van der Waals surface area contributed by atoms with E-state index < -0.39 is 0 Å². The van der Waals surface area contributed by atoms with Crippen molar-refractivity contribution in [2.75, 3.05) is 13.1 Å². The molecule has 0 saturated heterocycles. The van der Waals surface area contributed by atoms with Crippen LogP contribution in [-0.2, 0) is 22.4 Å². The molecule has 0 spiro atoms. The lowest BCUT2D eigenvalue weighted by atomic mass is 10.1. The zero-order chi connectivity index (χ0) is 18.2. The highest BCUT2D eigenvalue weighted by Crippen LogP contribution is 2.17. The van der Waals surface area contributed by atoms with Crippen molar-refractivity contribution in [2.45, 2.75) is 19.3 Å². The van der Waals surface area contributed by atoms with E-state index in [1.54, 1.807) is 0 Å². The SMILES string of the molecule is O=C(CCc1ccccc1)NCC(=O)NCCc1c[nH]c2ccccc12. The lowest BCUT2D eigenvalue weighted by Crippen LogP contribution is -2.37. The second kappa shape index (κ2) is 8.85. The molecule has 0 radical (unpaired) electrons. The van der Waals surface area contributed by atoms with Gasteiger partial charge in [-0.3, -0.25) is 9.59 Å². The average molecular weight is 349 g/mol. The first-order valence-corrected chi connectivity index (χ1v) is 8.84. The van der Waals surface area contributed by atoms with Crippen molar-refractivity contribution in [1.29, 1.82) is 0 Å². The molecule has 0 aliphatic rings. The normalized spacial score (nSPS) is 10.6. The Kier molecular flexibility index (Phi) is 6.04. The van der Waals surface area contributed by atoms with Crippen molar-refractivity contribution in [1.82, 2.24) is 15.6 Å². The molecule has 3 rings (SSSR count).